The molecule has 1 rings (SSSR count). The van der Waals surface area contributed by atoms with Crippen LogP contribution in [0.4, 0.5) is 0 Å². The SMILES string of the molecule is CC(CO)c1cnc(Br)s1. The lowest BCUT2D eigenvalue weighted by Gasteiger charge is -2.00. The Labute approximate surface area is 72.0 Å². The van der Waals surface area contributed by atoms with Crippen LogP contribution < -0.4 is 0 Å². The Morgan fingerprint density at radius 1 is 1.90 bits per heavy atom. The number of nitrogens with zero attached hydrogens (tertiary/aromatic N) is 1. The molecule has 4 heteroatoms. The van der Waals surface area contributed by atoms with E-state index in [-0.39, 0.29) is 12.5 Å². The summed E-state index contributed by atoms with van der Waals surface area (Å²) in [5.74, 6) is 0.212. The lowest BCUT2D eigenvalue weighted by atomic mass is 10.2. The first-order valence-corrected chi connectivity index (χ1v) is 4.57. The smallest absolute Gasteiger partial charge is 0.159 e. The zero-order valence-corrected chi connectivity index (χ0v) is 7.94. The summed E-state index contributed by atoms with van der Waals surface area (Å²) in [7, 11) is 0. The Bertz CT molecular complexity index is 213. The minimum atomic E-state index is 0.189. The highest BCUT2D eigenvalue weighted by molar-refractivity contribution is 9.11. The number of aliphatic hydroxyl groups excluding tert-OH is 1. The highest BCUT2D eigenvalue weighted by Crippen LogP contribution is 2.24. The van der Waals surface area contributed by atoms with Gasteiger partial charge in [-0.1, -0.05) is 6.92 Å². The van der Waals surface area contributed by atoms with Gasteiger partial charge in [0.05, 0.1) is 6.61 Å². The maximum absolute atomic E-state index is 8.76. The minimum absolute atomic E-state index is 0.189. The van der Waals surface area contributed by atoms with E-state index in [1.807, 2.05) is 6.92 Å². The molecule has 1 N–H and O–H groups in total. The third-order valence-corrected chi connectivity index (χ3v) is 2.96. The van der Waals surface area contributed by atoms with Crippen LogP contribution in [0.3, 0.4) is 0 Å². The number of hydrogen-bond donors (Lipinski definition) is 1. The lowest BCUT2D eigenvalue weighted by molar-refractivity contribution is 0.274. The molecule has 0 aliphatic rings. The molecule has 1 heterocycles. The zero-order valence-electron chi connectivity index (χ0n) is 5.54. The predicted molar refractivity (Wildman–Crippen MR) is 45.3 cm³/mol. The Morgan fingerprint density at radius 3 is 3.00 bits per heavy atom. The highest BCUT2D eigenvalue weighted by atomic mass is 79.9. The number of aromatic nitrogens is 1. The molecule has 0 saturated carbocycles. The van der Waals surface area contributed by atoms with Crippen molar-refractivity contribution in [2.45, 2.75) is 12.8 Å². The largest absolute Gasteiger partial charge is 0.396 e. The van der Waals surface area contributed by atoms with E-state index < -0.39 is 0 Å². The molecule has 2 nitrogen and oxygen atoms in total. The van der Waals surface area contributed by atoms with Crippen LogP contribution in [-0.4, -0.2) is 16.7 Å². The predicted octanol–water partition coefficient (Wildman–Crippen LogP) is 2.00. The number of halogens is 1. The average Bonchev–Trinajstić information content (AvgIpc) is 2.34. The van der Waals surface area contributed by atoms with Crippen LogP contribution >= 0.6 is 27.3 Å². The zero-order chi connectivity index (χ0) is 7.56. The van der Waals surface area contributed by atoms with Crippen molar-refractivity contribution in [1.29, 1.82) is 0 Å². The van der Waals surface area contributed by atoms with Crippen LogP contribution in [-0.2, 0) is 0 Å². The summed E-state index contributed by atoms with van der Waals surface area (Å²) in [4.78, 5) is 5.13. The maximum atomic E-state index is 8.76. The molecule has 0 spiro atoms. The second kappa shape index (κ2) is 3.46. The molecule has 0 aliphatic carbocycles. The molecule has 10 heavy (non-hydrogen) atoms. The fourth-order valence-electron chi connectivity index (χ4n) is 0.582. The van der Waals surface area contributed by atoms with Crippen molar-refractivity contribution >= 4 is 27.3 Å². The number of rotatable bonds is 2. The maximum Gasteiger partial charge on any atom is 0.159 e. The first kappa shape index (κ1) is 8.17. The van der Waals surface area contributed by atoms with E-state index in [1.54, 1.807) is 17.5 Å². The van der Waals surface area contributed by atoms with E-state index in [0.717, 1.165) is 8.79 Å². The van der Waals surface area contributed by atoms with E-state index in [9.17, 15) is 0 Å². The quantitative estimate of drug-likeness (QED) is 0.830. The Hall–Kier alpha value is 0.0700. The van der Waals surface area contributed by atoms with Gasteiger partial charge in [-0.25, -0.2) is 4.98 Å². The van der Waals surface area contributed by atoms with Crippen LogP contribution in [0.15, 0.2) is 10.1 Å². The van der Waals surface area contributed by atoms with Crippen LogP contribution in [0.25, 0.3) is 0 Å². The van der Waals surface area contributed by atoms with Gasteiger partial charge >= 0.3 is 0 Å². The molecule has 1 aromatic heterocycles. The van der Waals surface area contributed by atoms with Crippen molar-refractivity contribution < 1.29 is 5.11 Å². The molecule has 1 aromatic rings. The van der Waals surface area contributed by atoms with Crippen LogP contribution in [0.5, 0.6) is 0 Å². The molecule has 1 atom stereocenters. The second-order valence-electron chi connectivity index (χ2n) is 2.10. The minimum Gasteiger partial charge on any atom is -0.396 e. The second-order valence-corrected chi connectivity index (χ2v) is 4.44. The average molecular weight is 222 g/mol. The van der Waals surface area contributed by atoms with E-state index >= 15 is 0 Å². The topological polar surface area (TPSA) is 33.1 Å². The summed E-state index contributed by atoms with van der Waals surface area (Å²) in [6.45, 7) is 2.16. The van der Waals surface area contributed by atoms with Gasteiger partial charge < -0.3 is 5.11 Å². The van der Waals surface area contributed by atoms with Crippen molar-refractivity contribution in [1.82, 2.24) is 4.98 Å². The van der Waals surface area contributed by atoms with Gasteiger partial charge in [-0.05, 0) is 15.9 Å². The van der Waals surface area contributed by atoms with Gasteiger partial charge in [0.2, 0.25) is 0 Å². The van der Waals surface area contributed by atoms with Gasteiger partial charge in [0.25, 0.3) is 0 Å². The molecular formula is C6H8BrNOS. The Balaban J connectivity index is 2.74. The molecular weight excluding hydrogens is 214 g/mol. The lowest BCUT2D eigenvalue weighted by Crippen LogP contribution is -1.94. The number of thiazole rings is 1. The normalized spacial score (nSPS) is 13.5. The molecule has 56 valence electrons. The van der Waals surface area contributed by atoms with E-state index in [2.05, 4.69) is 20.9 Å². The summed E-state index contributed by atoms with van der Waals surface area (Å²) < 4.78 is 0.878. The first-order valence-electron chi connectivity index (χ1n) is 2.96. The van der Waals surface area contributed by atoms with Crippen LogP contribution in [0.1, 0.15) is 17.7 Å². The fourth-order valence-corrected chi connectivity index (χ4v) is 1.93. The molecule has 0 aliphatic heterocycles. The van der Waals surface area contributed by atoms with Crippen molar-refractivity contribution in [3.63, 3.8) is 0 Å². The van der Waals surface area contributed by atoms with Gasteiger partial charge in [0, 0.05) is 17.0 Å². The van der Waals surface area contributed by atoms with Crippen molar-refractivity contribution in [2.75, 3.05) is 6.61 Å². The number of hydrogen-bond acceptors (Lipinski definition) is 3. The summed E-state index contributed by atoms with van der Waals surface area (Å²) in [5.41, 5.74) is 0. The van der Waals surface area contributed by atoms with Gasteiger partial charge in [0.15, 0.2) is 3.92 Å². The Kier molecular flexibility index (Phi) is 2.82. The molecule has 0 aromatic carbocycles. The highest BCUT2D eigenvalue weighted by Gasteiger charge is 2.06. The summed E-state index contributed by atoms with van der Waals surface area (Å²) in [6.07, 6.45) is 1.79. The van der Waals surface area contributed by atoms with Gasteiger partial charge in [-0.15, -0.1) is 11.3 Å². The fraction of sp³-hybridized carbons (Fsp3) is 0.500. The van der Waals surface area contributed by atoms with Gasteiger partial charge in [-0.3, -0.25) is 0 Å². The van der Waals surface area contributed by atoms with Gasteiger partial charge in [0.1, 0.15) is 0 Å². The standard InChI is InChI=1S/C6H8BrNOS/c1-4(3-9)5-2-8-6(7)10-5/h2,4,9H,3H2,1H3. The molecule has 0 radical (unpaired) electrons. The third-order valence-electron chi connectivity index (χ3n) is 1.25. The monoisotopic (exact) mass is 221 g/mol. The summed E-state index contributed by atoms with van der Waals surface area (Å²) in [5, 5.41) is 8.76. The van der Waals surface area contributed by atoms with E-state index in [0.29, 0.717) is 0 Å². The van der Waals surface area contributed by atoms with E-state index in [4.69, 9.17) is 5.11 Å². The van der Waals surface area contributed by atoms with Crippen LogP contribution in [0.2, 0.25) is 0 Å². The first-order chi connectivity index (χ1) is 4.74. The molecule has 0 bridgehead atoms. The summed E-state index contributed by atoms with van der Waals surface area (Å²) in [6, 6.07) is 0. The third kappa shape index (κ3) is 1.78. The number of aliphatic hydroxyl groups is 1. The van der Waals surface area contributed by atoms with Gasteiger partial charge in [-0.2, -0.15) is 0 Å². The van der Waals surface area contributed by atoms with Crippen molar-refractivity contribution in [3.05, 3.63) is 15.0 Å². The van der Waals surface area contributed by atoms with Crippen molar-refractivity contribution in [2.24, 2.45) is 0 Å². The van der Waals surface area contributed by atoms with E-state index in [1.165, 1.54) is 0 Å². The summed E-state index contributed by atoms with van der Waals surface area (Å²) >= 11 is 4.82. The molecule has 0 saturated heterocycles. The molecule has 0 amide bonds. The molecule has 0 fully saturated rings. The Morgan fingerprint density at radius 2 is 2.60 bits per heavy atom. The van der Waals surface area contributed by atoms with Crippen molar-refractivity contribution in [3.8, 4) is 0 Å². The molecule has 1 unspecified atom stereocenters. The van der Waals surface area contributed by atoms with Crippen LogP contribution in [0, 0.1) is 0 Å².